The van der Waals surface area contributed by atoms with Crippen LogP contribution in [0.25, 0.3) is 0 Å². The molecule has 0 aliphatic heterocycles. The van der Waals surface area contributed by atoms with Gasteiger partial charge in [0.2, 0.25) is 10.0 Å². The molecular formula is C12H11F2NO3S2. The van der Waals surface area contributed by atoms with Crippen molar-refractivity contribution in [3.63, 3.8) is 0 Å². The molecule has 108 valence electrons. The SMILES string of the molecule is O=S(=O)(NCc1ccc(F)c(F)c1)c1ccsc1CO. The molecule has 0 saturated carbocycles. The summed E-state index contributed by atoms with van der Waals surface area (Å²) < 4.78 is 52.1. The van der Waals surface area contributed by atoms with Crippen LogP contribution in [0.5, 0.6) is 0 Å². The molecule has 8 heteroatoms. The number of thiophene rings is 1. The maximum absolute atomic E-state index is 13.0. The van der Waals surface area contributed by atoms with E-state index in [1.165, 1.54) is 12.1 Å². The van der Waals surface area contributed by atoms with Gasteiger partial charge in [-0.25, -0.2) is 21.9 Å². The summed E-state index contributed by atoms with van der Waals surface area (Å²) in [5, 5.41) is 10.6. The molecule has 2 aromatic rings. The number of halogens is 2. The van der Waals surface area contributed by atoms with E-state index in [9.17, 15) is 17.2 Å². The van der Waals surface area contributed by atoms with Crippen LogP contribution in [0.15, 0.2) is 34.5 Å². The van der Waals surface area contributed by atoms with Gasteiger partial charge in [-0.05, 0) is 29.1 Å². The molecule has 1 aromatic heterocycles. The third-order valence-electron chi connectivity index (χ3n) is 2.59. The van der Waals surface area contributed by atoms with Crippen LogP contribution in [0.4, 0.5) is 8.78 Å². The van der Waals surface area contributed by atoms with Crippen LogP contribution in [-0.4, -0.2) is 13.5 Å². The third-order valence-corrected chi connectivity index (χ3v) is 5.11. The van der Waals surface area contributed by atoms with Crippen LogP contribution in [0, 0.1) is 11.6 Å². The van der Waals surface area contributed by atoms with Gasteiger partial charge in [-0.2, -0.15) is 0 Å². The molecule has 1 heterocycles. The summed E-state index contributed by atoms with van der Waals surface area (Å²) in [6, 6.07) is 4.53. The maximum Gasteiger partial charge on any atom is 0.242 e. The highest BCUT2D eigenvalue weighted by atomic mass is 32.2. The lowest BCUT2D eigenvalue weighted by atomic mass is 10.2. The largest absolute Gasteiger partial charge is 0.391 e. The zero-order chi connectivity index (χ0) is 14.8. The molecule has 0 atom stereocenters. The molecule has 2 N–H and O–H groups in total. The summed E-state index contributed by atoms with van der Waals surface area (Å²) in [5.41, 5.74) is 0.299. The summed E-state index contributed by atoms with van der Waals surface area (Å²) in [7, 11) is -3.80. The highest BCUT2D eigenvalue weighted by molar-refractivity contribution is 7.89. The Morgan fingerprint density at radius 2 is 1.95 bits per heavy atom. The number of aliphatic hydroxyl groups is 1. The van der Waals surface area contributed by atoms with E-state index in [4.69, 9.17) is 5.11 Å². The third kappa shape index (κ3) is 3.21. The number of hydrogen-bond acceptors (Lipinski definition) is 4. The van der Waals surface area contributed by atoms with Gasteiger partial charge in [0, 0.05) is 11.4 Å². The number of aliphatic hydroxyl groups excluding tert-OH is 1. The molecule has 0 amide bonds. The van der Waals surface area contributed by atoms with Gasteiger partial charge >= 0.3 is 0 Å². The predicted octanol–water partition coefficient (Wildman–Crippen LogP) is 2.00. The second-order valence-electron chi connectivity index (χ2n) is 3.94. The number of sulfonamides is 1. The standard InChI is InChI=1S/C12H11F2NO3S2/c13-9-2-1-8(5-10(9)14)6-15-20(17,18)12-3-4-19-11(12)7-16/h1-5,15-16H,6-7H2. The average molecular weight is 319 g/mol. The molecule has 4 nitrogen and oxygen atoms in total. The zero-order valence-corrected chi connectivity index (χ0v) is 11.8. The van der Waals surface area contributed by atoms with Crippen molar-refractivity contribution < 1.29 is 22.3 Å². The van der Waals surface area contributed by atoms with E-state index in [2.05, 4.69) is 4.72 Å². The van der Waals surface area contributed by atoms with E-state index in [-0.39, 0.29) is 18.0 Å². The van der Waals surface area contributed by atoms with Crippen molar-refractivity contribution in [1.82, 2.24) is 4.72 Å². The molecule has 20 heavy (non-hydrogen) atoms. The fourth-order valence-corrected chi connectivity index (χ4v) is 3.90. The van der Waals surface area contributed by atoms with Crippen molar-refractivity contribution in [3.05, 3.63) is 51.7 Å². The Kier molecular flexibility index (Phi) is 4.48. The maximum atomic E-state index is 13.0. The van der Waals surface area contributed by atoms with Gasteiger partial charge in [0.1, 0.15) is 0 Å². The van der Waals surface area contributed by atoms with E-state index < -0.39 is 21.7 Å². The van der Waals surface area contributed by atoms with Gasteiger partial charge in [-0.1, -0.05) is 6.07 Å². The predicted molar refractivity (Wildman–Crippen MR) is 70.6 cm³/mol. The van der Waals surface area contributed by atoms with Crippen LogP contribution in [0.3, 0.4) is 0 Å². The Morgan fingerprint density at radius 1 is 1.20 bits per heavy atom. The topological polar surface area (TPSA) is 66.4 Å². The molecule has 1 aromatic carbocycles. The second kappa shape index (κ2) is 5.96. The minimum Gasteiger partial charge on any atom is -0.391 e. The van der Waals surface area contributed by atoms with Gasteiger partial charge in [0.15, 0.2) is 11.6 Å². The minimum absolute atomic E-state index is 0.00687. The Balaban J connectivity index is 2.15. The normalized spacial score (nSPS) is 11.8. The molecule has 0 saturated heterocycles. The van der Waals surface area contributed by atoms with Crippen molar-refractivity contribution in [2.75, 3.05) is 0 Å². The lowest BCUT2D eigenvalue weighted by Crippen LogP contribution is -2.23. The molecule has 0 bridgehead atoms. The van der Waals surface area contributed by atoms with Gasteiger partial charge in [0.05, 0.1) is 11.5 Å². The van der Waals surface area contributed by atoms with E-state index in [0.29, 0.717) is 10.4 Å². The highest BCUT2D eigenvalue weighted by Gasteiger charge is 2.19. The first-order valence-electron chi connectivity index (χ1n) is 5.55. The molecule has 0 spiro atoms. The van der Waals surface area contributed by atoms with Crippen LogP contribution in [0.2, 0.25) is 0 Å². The molecule has 0 unspecified atom stereocenters. The minimum atomic E-state index is -3.80. The molecule has 2 rings (SSSR count). The highest BCUT2D eigenvalue weighted by Crippen LogP contribution is 2.22. The summed E-state index contributed by atoms with van der Waals surface area (Å²) in [6.07, 6.45) is 0. The van der Waals surface area contributed by atoms with Crippen molar-refractivity contribution in [3.8, 4) is 0 Å². The van der Waals surface area contributed by atoms with Gasteiger partial charge < -0.3 is 5.11 Å². The van der Waals surface area contributed by atoms with Crippen molar-refractivity contribution >= 4 is 21.4 Å². The Labute approximate surface area is 118 Å². The van der Waals surface area contributed by atoms with E-state index in [1.807, 2.05) is 0 Å². The Morgan fingerprint density at radius 3 is 2.60 bits per heavy atom. The van der Waals surface area contributed by atoms with Crippen LogP contribution in [-0.2, 0) is 23.2 Å². The van der Waals surface area contributed by atoms with E-state index in [0.717, 1.165) is 23.5 Å². The fraction of sp³-hybridized carbons (Fsp3) is 0.167. The van der Waals surface area contributed by atoms with Crippen molar-refractivity contribution in [2.45, 2.75) is 18.0 Å². The number of rotatable bonds is 5. The van der Waals surface area contributed by atoms with Gasteiger partial charge in [-0.15, -0.1) is 11.3 Å². The first kappa shape index (κ1) is 15.0. The van der Waals surface area contributed by atoms with Crippen LogP contribution >= 0.6 is 11.3 Å². The van der Waals surface area contributed by atoms with Crippen LogP contribution in [0.1, 0.15) is 10.4 Å². The summed E-state index contributed by atoms with van der Waals surface area (Å²) in [4.78, 5) is 0.315. The van der Waals surface area contributed by atoms with E-state index in [1.54, 1.807) is 5.38 Å². The number of hydrogen-bond donors (Lipinski definition) is 2. The summed E-state index contributed by atoms with van der Waals surface area (Å²) in [6.45, 7) is -0.542. The fourth-order valence-electron chi connectivity index (χ4n) is 1.59. The smallest absolute Gasteiger partial charge is 0.242 e. The first-order chi connectivity index (χ1) is 9.44. The first-order valence-corrected chi connectivity index (χ1v) is 7.91. The summed E-state index contributed by atoms with van der Waals surface area (Å²) >= 11 is 1.12. The molecule has 0 aliphatic rings. The zero-order valence-electron chi connectivity index (χ0n) is 10.1. The second-order valence-corrected chi connectivity index (χ2v) is 6.68. The van der Waals surface area contributed by atoms with Crippen molar-refractivity contribution in [1.29, 1.82) is 0 Å². The molecule has 0 fully saturated rings. The van der Waals surface area contributed by atoms with E-state index >= 15 is 0 Å². The quantitative estimate of drug-likeness (QED) is 0.886. The Hall–Kier alpha value is -1.35. The Bertz CT molecular complexity index is 713. The monoisotopic (exact) mass is 319 g/mol. The molecule has 0 aliphatic carbocycles. The van der Waals surface area contributed by atoms with Crippen molar-refractivity contribution in [2.24, 2.45) is 0 Å². The molecular weight excluding hydrogens is 308 g/mol. The lowest BCUT2D eigenvalue weighted by Gasteiger charge is -2.07. The number of nitrogens with one attached hydrogen (secondary N) is 1. The number of benzene rings is 1. The van der Waals surface area contributed by atoms with Gasteiger partial charge in [0.25, 0.3) is 0 Å². The molecule has 0 radical (unpaired) electrons. The van der Waals surface area contributed by atoms with Crippen LogP contribution < -0.4 is 4.72 Å². The summed E-state index contributed by atoms with van der Waals surface area (Å²) in [5.74, 6) is -2.02. The average Bonchev–Trinajstić information content (AvgIpc) is 2.89. The lowest BCUT2D eigenvalue weighted by molar-refractivity contribution is 0.282. The van der Waals surface area contributed by atoms with Gasteiger partial charge in [-0.3, -0.25) is 0 Å².